The molecule has 0 bridgehead atoms. The van der Waals surface area contributed by atoms with Crippen molar-refractivity contribution in [3.63, 3.8) is 0 Å². The molecular formula is C27H37N3O4S. The molecule has 2 saturated heterocycles. The molecule has 2 aliphatic rings. The highest BCUT2D eigenvalue weighted by Crippen LogP contribution is 2.24. The lowest BCUT2D eigenvalue weighted by atomic mass is 10.0. The Bertz CT molecular complexity index is 1070. The van der Waals surface area contributed by atoms with Gasteiger partial charge in [0.25, 0.3) is 0 Å². The van der Waals surface area contributed by atoms with Crippen molar-refractivity contribution in [3.8, 4) is 0 Å². The van der Waals surface area contributed by atoms with Gasteiger partial charge in [-0.15, -0.1) is 0 Å². The Morgan fingerprint density at radius 3 is 2.26 bits per heavy atom. The molecule has 2 aromatic carbocycles. The molecule has 0 radical (unpaired) electrons. The molecule has 0 aliphatic carbocycles. The Morgan fingerprint density at radius 1 is 1.00 bits per heavy atom. The van der Waals surface area contributed by atoms with E-state index in [0.717, 1.165) is 25.9 Å². The van der Waals surface area contributed by atoms with Crippen LogP contribution in [0.5, 0.6) is 0 Å². The summed E-state index contributed by atoms with van der Waals surface area (Å²) in [6.07, 6.45) is 1.77. The summed E-state index contributed by atoms with van der Waals surface area (Å²) in [5, 5.41) is 3.34. The minimum absolute atomic E-state index is 0.0506. The van der Waals surface area contributed by atoms with E-state index in [9.17, 15) is 13.2 Å². The molecule has 4 rings (SSSR count). The number of nitrogens with one attached hydrogen (secondary N) is 1. The largest absolute Gasteiger partial charge is 0.379 e. The fourth-order valence-corrected chi connectivity index (χ4v) is 6.22. The summed E-state index contributed by atoms with van der Waals surface area (Å²) in [6, 6.07) is 15.1. The molecule has 1 atom stereocenters. The van der Waals surface area contributed by atoms with E-state index in [0.29, 0.717) is 44.3 Å². The molecule has 1 N–H and O–H groups in total. The number of sulfonamides is 1. The number of aryl methyl sites for hydroxylation is 1. The number of Topliss-reactive ketones (excluding diaryl/α,β-unsaturated/α-hetero) is 1. The molecule has 0 aromatic heterocycles. The van der Waals surface area contributed by atoms with Gasteiger partial charge in [0.05, 0.1) is 24.7 Å². The van der Waals surface area contributed by atoms with Gasteiger partial charge in [0.1, 0.15) is 0 Å². The molecule has 2 aromatic rings. The van der Waals surface area contributed by atoms with E-state index in [1.165, 1.54) is 11.1 Å². The number of nitrogens with zero attached hydrogens (tertiary/aromatic N) is 2. The van der Waals surface area contributed by atoms with E-state index in [1.807, 2.05) is 0 Å². The van der Waals surface area contributed by atoms with Gasteiger partial charge in [0.2, 0.25) is 10.0 Å². The van der Waals surface area contributed by atoms with E-state index in [4.69, 9.17) is 4.74 Å². The SMILES string of the molecule is Cc1ccc(C(CNCC(=O)c2ccc(S(=O)(=O)N3CCC(C)CC3)cc2)N2CCOCC2)cc1. The first kappa shape index (κ1) is 26.0. The van der Waals surface area contributed by atoms with Gasteiger partial charge in [-0.05, 0) is 43.4 Å². The summed E-state index contributed by atoms with van der Waals surface area (Å²) in [7, 11) is -3.51. The predicted octanol–water partition coefficient (Wildman–Crippen LogP) is 3.26. The molecule has 1 unspecified atom stereocenters. The summed E-state index contributed by atoms with van der Waals surface area (Å²) in [5.41, 5.74) is 2.96. The van der Waals surface area contributed by atoms with Crippen molar-refractivity contribution in [2.75, 3.05) is 52.5 Å². The summed E-state index contributed by atoms with van der Waals surface area (Å²) in [6.45, 7) is 9.34. The third-order valence-corrected chi connectivity index (χ3v) is 9.04. The van der Waals surface area contributed by atoms with Gasteiger partial charge in [-0.1, -0.05) is 48.9 Å². The Morgan fingerprint density at radius 2 is 1.63 bits per heavy atom. The van der Waals surface area contributed by atoms with Crippen LogP contribution in [0.2, 0.25) is 0 Å². The van der Waals surface area contributed by atoms with Crippen LogP contribution in [0.1, 0.15) is 47.3 Å². The molecule has 35 heavy (non-hydrogen) atoms. The van der Waals surface area contributed by atoms with Crippen LogP contribution in [-0.4, -0.2) is 75.9 Å². The van der Waals surface area contributed by atoms with Gasteiger partial charge < -0.3 is 10.1 Å². The lowest BCUT2D eigenvalue weighted by Gasteiger charge is -2.35. The number of piperidine rings is 1. The maximum absolute atomic E-state index is 12.9. The Labute approximate surface area is 209 Å². The second kappa shape index (κ2) is 11.8. The van der Waals surface area contributed by atoms with Gasteiger partial charge in [-0.2, -0.15) is 4.31 Å². The molecule has 0 saturated carbocycles. The van der Waals surface area contributed by atoms with Gasteiger partial charge in [0.15, 0.2) is 5.78 Å². The Kier molecular flexibility index (Phi) is 8.73. The third-order valence-electron chi connectivity index (χ3n) is 7.13. The quantitative estimate of drug-likeness (QED) is 0.534. The van der Waals surface area contributed by atoms with Crippen molar-refractivity contribution in [2.24, 2.45) is 5.92 Å². The molecule has 190 valence electrons. The number of carbonyl (C=O) groups is 1. The number of rotatable bonds is 9. The molecule has 2 fully saturated rings. The maximum Gasteiger partial charge on any atom is 0.243 e. The van der Waals surface area contributed by atoms with Gasteiger partial charge >= 0.3 is 0 Å². The van der Waals surface area contributed by atoms with E-state index in [-0.39, 0.29) is 23.3 Å². The van der Waals surface area contributed by atoms with Crippen LogP contribution < -0.4 is 5.32 Å². The minimum atomic E-state index is -3.51. The monoisotopic (exact) mass is 499 g/mol. The Hall–Kier alpha value is -2.10. The van der Waals surface area contributed by atoms with E-state index < -0.39 is 10.0 Å². The highest BCUT2D eigenvalue weighted by Gasteiger charge is 2.28. The first-order chi connectivity index (χ1) is 16.8. The van der Waals surface area contributed by atoms with Crippen LogP contribution in [0.25, 0.3) is 0 Å². The van der Waals surface area contributed by atoms with Crippen molar-refractivity contribution in [3.05, 3.63) is 65.2 Å². The van der Waals surface area contributed by atoms with Crippen LogP contribution in [0.4, 0.5) is 0 Å². The second-order valence-electron chi connectivity index (χ2n) is 9.74. The first-order valence-corrected chi connectivity index (χ1v) is 14.0. The van der Waals surface area contributed by atoms with Crippen LogP contribution in [0.3, 0.4) is 0 Å². The van der Waals surface area contributed by atoms with Crippen molar-refractivity contribution < 1.29 is 17.9 Å². The highest BCUT2D eigenvalue weighted by molar-refractivity contribution is 7.89. The van der Waals surface area contributed by atoms with Crippen molar-refractivity contribution in [1.29, 1.82) is 0 Å². The average molecular weight is 500 g/mol. The smallest absolute Gasteiger partial charge is 0.243 e. The zero-order chi connectivity index (χ0) is 24.8. The summed E-state index contributed by atoms with van der Waals surface area (Å²) >= 11 is 0. The third kappa shape index (κ3) is 6.57. The fraction of sp³-hybridized carbons (Fsp3) is 0.519. The summed E-state index contributed by atoms with van der Waals surface area (Å²) < 4.78 is 33.0. The average Bonchev–Trinajstić information content (AvgIpc) is 2.88. The van der Waals surface area contributed by atoms with E-state index in [1.54, 1.807) is 28.6 Å². The van der Waals surface area contributed by atoms with Crippen LogP contribution in [0, 0.1) is 12.8 Å². The van der Waals surface area contributed by atoms with Gasteiger partial charge in [-0.25, -0.2) is 8.42 Å². The van der Waals surface area contributed by atoms with Crippen LogP contribution in [-0.2, 0) is 14.8 Å². The molecule has 0 spiro atoms. The molecule has 2 aliphatic heterocycles. The standard InChI is InChI=1S/C27H37N3O4S/c1-21-3-5-23(6-4-21)26(29-15-17-34-18-16-29)19-28-20-27(31)24-7-9-25(10-8-24)35(32,33)30-13-11-22(2)12-14-30/h3-10,22,26,28H,11-20H2,1-2H3. The van der Waals surface area contributed by atoms with Gasteiger partial charge in [-0.3, -0.25) is 9.69 Å². The predicted molar refractivity (Wildman–Crippen MR) is 137 cm³/mol. The lowest BCUT2D eigenvalue weighted by Crippen LogP contribution is -2.43. The first-order valence-electron chi connectivity index (χ1n) is 12.6. The zero-order valence-corrected chi connectivity index (χ0v) is 21.6. The van der Waals surface area contributed by atoms with E-state index in [2.05, 4.69) is 48.3 Å². The number of hydrogen-bond acceptors (Lipinski definition) is 6. The maximum atomic E-state index is 12.9. The van der Waals surface area contributed by atoms with Gasteiger partial charge in [0, 0.05) is 44.3 Å². The number of hydrogen-bond donors (Lipinski definition) is 1. The topological polar surface area (TPSA) is 79.0 Å². The number of carbonyl (C=O) groups excluding carboxylic acids is 1. The number of ether oxygens (including phenoxy) is 1. The minimum Gasteiger partial charge on any atom is -0.379 e. The van der Waals surface area contributed by atoms with Crippen molar-refractivity contribution in [1.82, 2.24) is 14.5 Å². The van der Waals surface area contributed by atoms with Crippen LogP contribution in [0.15, 0.2) is 53.4 Å². The van der Waals surface area contributed by atoms with E-state index >= 15 is 0 Å². The molecule has 8 heteroatoms. The zero-order valence-electron chi connectivity index (χ0n) is 20.8. The number of ketones is 1. The summed E-state index contributed by atoms with van der Waals surface area (Å²) in [4.78, 5) is 15.5. The number of benzene rings is 2. The second-order valence-corrected chi connectivity index (χ2v) is 11.7. The Balaban J connectivity index is 1.36. The van der Waals surface area contributed by atoms with Crippen molar-refractivity contribution >= 4 is 15.8 Å². The van der Waals surface area contributed by atoms with Crippen molar-refractivity contribution in [2.45, 2.75) is 37.6 Å². The number of morpholine rings is 1. The molecule has 7 nitrogen and oxygen atoms in total. The molecule has 0 amide bonds. The highest BCUT2D eigenvalue weighted by atomic mass is 32.2. The van der Waals surface area contributed by atoms with Crippen LogP contribution >= 0.6 is 0 Å². The normalized spacial score (nSPS) is 19.5. The fourth-order valence-electron chi connectivity index (χ4n) is 4.75. The molecular weight excluding hydrogens is 462 g/mol. The molecule has 2 heterocycles. The summed E-state index contributed by atoms with van der Waals surface area (Å²) in [5.74, 6) is 0.508. The lowest BCUT2D eigenvalue weighted by molar-refractivity contribution is 0.0162.